The molecule has 0 radical (unpaired) electrons. The highest BCUT2D eigenvalue weighted by Gasteiger charge is 2.27. The fourth-order valence-electron chi connectivity index (χ4n) is 3.53. The van der Waals surface area contributed by atoms with Crippen LogP contribution < -0.4 is 9.64 Å². The molecule has 6 heteroatoms. The van der Waals surface area contributed by atoms with E-state index in [4.69, 9.17) is 9.47 Å². The molecule has 0 saturated carbocycles. The number of ether oxygens (including phenoxy) is 2. The Morgan fingerprint density at radius 3 is 2.86 bits per heavy atom. The van der Waals surface area contributed by atoms with Crippen molar-refractivity contribution in [3.8, 4) is 5.75 Å². The Hall–Kier alpha value is -2.86. The number of thiophene rings is 1. The topological polar surface area (TPSA) is 51.7 Å². The molecule has 0 bridgehead atoms. The molecule has 28 heavy (non-hydrogen) atoms. The summed E-state index contributed by atoms with van der Waals surface area (Å²) in [5.74, 6) is 1.34. The number of benzene rings is 1. The average molecular weight is 394 g/mol. The zero-order valence-electron chi connectivity index (χ0n) is 15.7. The maximum atomic E-state index is 12.5. The SMILES string of the molecule is COc1ccc(C2CCCN2c2cc(C(=O)OCc3cccs3)ccn2)cc1. The summed E-state index contributed by atoms with van der Waals surface area (Å²) in [6.07, 6.45) is 3.83. The number of carbonyl (C=O) groups is 1. The Kier molecular flexibility index (Phi) is 5.58. The van der Waals surface area contributed by atoms with Gasteiger partial charge in [-0.15, -0.1) is 11.3 Å². The van der Waals surface area contributed by atoms with E-state index in [1.807, 2.05) is 35.7 Å². The van der Waals surface area contributed by atoms with Crippen molar-refractivity contribution in [2.24, 2.45) is 0 Å². The first-order chi connectivity index (χ1) is 13.7. The van der Waals surface area contributed by atoms with Crippen LogP contribution in [0.2, 0.25) is 0 Å². The Bertz CT molecular complexity index is 925. The fourth-order valence-corrected chi connectivity index (χ4v) is 4.15. The van der Waals surface area contributed by atoms with Crippen molar-refractivity contribution in [2.75, 3.05) is 18.6 Å². The molecule has 1 atom stereocenters. The first-order valence-corrected chi connectivity index (χ1v) is 10.2. The van der Waals surface area contributed by atoms with Gasteiger partial charge in [0, 0.05) is 17.6 Å². The summed E-state index contributed by atoms with van der Waals surface area (Å²) in [4.78, 5) is 20.3. The maximum absolute atomic E-state index is 12.5. The summed E-state index contributed by atoms with van der Waals surface area (Å²) in [5, 5.41) is 1.97. The molecule has 1 aliphatic rings. The fraction of sp³-hybridized carbons (Fsp3) is 0.273. The van der Waals surface area contributed by atoms with Crippen molar-refractivity contribution in [1.82, 2.24) is 4.98 Å². The third-order valence-corrected chi connectivity index (χ3v) is 5.80. The number of hydrogen-bond donors (Lipinski definition) is 0. The summed E-state index contributed by atoms with van der Waals surface area (Å²) < 4.78 is 10.7. The molecule has 144 valence electrons. The summed E-state index contributed by atoms with van der Waals surface area (Å²) in [5.41, 5.74) is 1.76. The van der Waals surface area contributed by atoms with Gasteiger partial charge in [-0.2, -0.15) is 0 Å². The number of rotatable bonds is 6. The zero-order chi connectivity index (χ0) is 19.3. The highest BCUT2D eigenvalue weighted by Crippen LogP contribution is 2.36. The van der Waals surface area contributed by atoms with E-state index < -0.39 is 0 Å². The Balaban J connectivity index is 1.50. The number of pyridine rings is 1. The molecule has 3 aromatic rings. The van der Waals surface area contributed by atoms with Gasteiger partial charge in [-0.3, -0.25) is 0 Å². The summed E-state index contributed by atoms with van der Waals surface area (Å²) in [6, 6.07) is 15.9. The van der Waals surface area contributed by atoms with Crippen molar-refractivity contribution in [2.45, 2.75) is 25.5 Å². The van der Waals surface area contributed by atoms with Crippen LogP contribution in [0.15, 0.2) is 60.1 Å². The molecular weight excluding hydrogens is 372 g/mol. The van der Waals surface area contributed by atoms with Crippen LogP contribution in [0.3, 0.4) is 0 Å². The van der Waals surface area contributed by atoms with Gasteiger partial charge in [0.25, 0.3) is 0 Å². The van der Waals surface area contributed by atoms with Crippen LogP contribution in [0.5, 0.6) is 5.75 Å². The van der Waals surface area contributed by atoms with E-state index in [0.29, 0.717) is 12.2 Å². The second-order valence-corrected chi connectivity index (χ2v) is 7.72. The van der Waals surface area contributed by atoms with Gasteiger partial charge in [-0.05, 0) is 54.1 Å². The third-order valence-electron chi connectivity index (χ3n) is 4.95. The van der Waals surface area contributed by atoms with Crippen LogP contribution in [-0.4, -0.2) is 24.6 Å². The first-order valence-electron chi connectivity index (χ1n) is 9.31. The van der Waals surface area contributed by atoms with Crippen molar-refractivity contribution in [1.29, 1.82) is 0 Å². The van der Waals surface area contributed by atoms with Gasteiger partial charge in [-0.1, -0.05) is 18.2 Å². The van der Waals surface area contributed by atoms with Crippen molar-refractivity contribution < 1.29 is 14.3 Å². The average Bonchev–Trinajstić information content (AvgIpc) is 3.44. The van der Waals surface area contributed by atoms with Gasteiger partial charge >= 0.3 is 5.97 Å². The lowest BCUT2D eigenvalue weighted by molar-refractivity contribution is 0.0476. The molecule has 1 unspecified atom stereocenters. The van der Waals surface area contributed by atoms with E-state index >= 15 is 0 Å². The molecule has 1 aliphatic heterocycles. The standard InChI is InChI=1S/C22H22N2O3S/c1-26-18-8-6-16(7-9-18)20-5-2-12-24(20)21-14-17(10-11-23-21)22(25)27-15-19-4-3-13-28-19/h3-4,6-11,13-14,20H,2,5,12,15H2,1H3. The molecule has 1 fully saturated rings. The molecule has 4 rings (SSSR count). The van der Waals surface area contributed by atoms with Crippen molar-refractivity contribution in [3.05, 3.63) is 76.1 Å². The van der Waals surface area contributed by atoms with Crippen LogP contribution in [-0.2, 0) is 11.3 Å². The quantitative estimate of drug-likeness (QED) is 0.560. The lowest BCUT2D eigenvalue weighted by atomic mass is 10.0. The van der Waals surface area contributed by atoms with E-state index in [1.54, 1.807) is 30.7 Å². The van der Waals surface area contributed by atoms with Gasteiger partial charge in [0.1, 0.15) is 18.2 Å². The zero-order valence-corrected chi connectivity index (χ0v) is 16.5. The predicted molar refractivity (Wildman–Crippen MR) is 110 cm³/mol. The van der Waals surface area contributed by atoms with Gasteiger partial charge in [0.05, 0.1) is 18.7 Å². The molecule has 3 heterocycles. The van der Waals surface area contributed by atoms with E-state index in [-0.39, 0.29) is 12.0 Å². The highest BCUT2D eigenvalue weighted by molar-refractivity contribution is 7.09. The minimum atomic E-state index is -0.322. The van der Waals surface area contributed by atoms with Crippen LogP contribution in [0, 0.1) is 0 Å². The van der Waals surface area contributed by atoms with E-state index in [9.17, 15) is 4.79 Å². The van der Waals surface area contributed by atoms with Crippen LogP contribution in [0.25, 0.3) is 0 Å². The molecule has 5 nitrogen and oxygen atoms in total. The molecule has 0 aliphatic carbocycles. The molecule has 0 spiro atoms. The Morgan fingerprint density at radius 1 is 1.25 bits per heavy atom. The lowest BCUT2D eigenvalue weighted by Crippen LogP contribution is -2.24. The normalized spacial score (nSPS) is 16.2. The molecule has 1 aromatic carbocycles. The molecular formula is C22H22N2O3S. The van der Waals surface area contributed by atoms with E-state index in [2.05, 4.69) is 22.0 Å². The number of esters is 1. The minimum Gasteiger partial charge on any atom is -0.497 e. The van der Waals surface area contributed by atoms with E-state index in [0.717, 1.165) is 35.8 Å². The molecule has 2 aromatic heterocycles. The second kappa shape index (κ2) is 8.44. The molecule has 1 saturated heterocycles. The van der Waals surface area contributed by atoms with Gasteiger partial charge in [0.2, 0.25) is 0 Å². The van der Waals surface area contributed by atoms with E-state index in [1.165, 1.54) is 5.56 Å². The summed E-state index contributed by atoms with van der Waals surface area (Å²) >= 11 is 1.58. The maximum Gasteiger partial charge on any atom is 0.338 e. The van der Waals surface area contributed by atoms with Gasteiger partial charge in [-0.25, -0.2) is 9.78 Å². The predicted octanol–water partition coefficient (Wildman–Crippen LogP) is 4.85. The smallest absolute Gasteiger partial charge is 0.338 e. The molecule has 0 N–H and O–H groups in total. The monoisotopic (exact) mass is 394 g/mol. The van der Waals surface area contributed by atoms with Crippen LogP contribution >= 0.6 is 11.3 Å². The second-order valence-electron chi connectivity index (χ2n) is 6.68. The van der Waals surface area contributed by atoms with Gasteiger partial charge < -0.3 is 14.4 Å². The van der Waals surface area contributed by atoms with Gasteiger partial charge in [0.15, 0.2) is 0 Å². The number of anilines is 1. The number of hydrogen-bond acceptors (Lipinski definition) is 6. The summed E-state index contributed by atoms with van der Waals surface area (Å²) in [7, 11) is 1.67. The minimum absolute atomic E-state index is 0.246. The first kappa shape index (κ1) is 18.5. The lowest BCUT2D eigenvalue weighted by Gasteiger charge is -2.26. The number of methoxy groups -OCH3 is 1. The van der Waals surface area contributed by atoms with Crippen LogP contribution in [0.4, 0.5) is 5.82 Å². The highest BCUT2D eigenvalue weighted by atomic mass is 32.1. The molecule has 0 amide bonds. The van der Waals surface area contributed by atoms with Crippen molar-refractivity contribution in [3.63, 3.8) is 0 Å². The number of aromatic nitrogens is 1. The van der Waals surface area contributed by atoms with Crippen LogP contribution in [0.1, 0.15) is 39.7 Å². The number of nitrogens with zero attached hydrogens (tertiary/aromatic N) is 2. The largest absolute Gasteiger partial charge is 0.497 e. The number of carbonyl (C=O) groups excluding carboxylic acids is 1. The van der Waals surface area contributed by atoms with Crippen molar-refractivity contribution >= 4 is 23.1 Å². The Labute approximate surface area is 168 Å². The third kappa shape index (κ3) is 4.02. The summed E-state index contributed by atoms with van der Waals surface area (Å²) in [6.45, 7) is 1.21. The Morgan fingerprint density at radius 2 is 2.11 bits per heavy atom.